The lowest BCUT2D eigenvalue weighted by Crippen LogP contribution is -2.05. The van der Waals surface area contributed by atoms with Gasteiger partial charge in [0.15, 0.2) is 0 Å². The molecule has 0 amide bonds. The van der Waals surface area contributed by atoms with Crippen LogP contribution in [0.25, 0.3) is 22.0 Å². The van der Waals surface area contributed by atoms with Crippen molar-refractivity contribution in [2.45, 2.75) is 6.42 Å². The number of rotatable bonds is 5. The van der Waals surface area contributed by atoms with Crippen LogP contribution in [0.15, 0.2) is 60.7 Å². The maximum atomic E-state index is 8.89. The van der Waals surface area contributed by atoms with Gasteiger partial charge in [-0.2, -0.15) is 0 Å². The fraction of sp³-hybridized carbons (Fsp3) is 0.167. The summed E-state index contributed by atoms with van der Waals surface area (Å²) in [5.74, 6) is 0.848. The lowest BCUT2D eigenvalue weighted by Gasteiger charge is -2.11. The van der Waals surface area contributed by atoms with E-state index in [1.807, 2.05) is 36.4 Å². The minimum atomic E-state index is 0.187. The zero-order valence-electron chi connectivity index (χ0n) is 11.8. The van der Waals surface area contributed by atoms with Crippen molar-refractivity contribution in [3.63, 3.8) is 0 Å². The first kappa shape index (κ1) is 13.6. The molecule has 0 saturated carbocycles. The van der Waals surface area contributed by atoms with E-state index in [2.05, 4.69) is 34.6 Å². The number of anilines is 1. The third-order valence-corrected chi connectivity index (χ3v) is 3.44. The van der Waals surface area contributed by atoms with Gasteiger partial charge in [0.25, 0.3) is 0 Å². The summed E-state index contributed by atoms with van der Waals surface area (Å²) in [4.78, 5) is 4.64. The van der Waals surface area contributed by atoms with Gasteiger partial charge in [0.2, 0.25) is 0 Å². The molecule has 0 aliphatic heterocycles. The van der Waals surface area contributed by atoms with E-state index in [1.165, 1.54) is 11.1 Å². The van der Waals surface area contributed by atoms with Crippen molar-refractivity contribution < 1.29 is 5.11 Å². The number of nitrogens with one attached hydrogen (secondary N) is 1. The molecule has 0 aliphatic carbocycles. The van der Waals surface area contributed by atoms with Gasteiger partial charge in [-0.05, 0) is 29.7 Å². The molecule has 0 unspecified atom stereocenters. The molecular weight excluding hydrogens is 260 g/mol. The Morgan fingerprint density at radius 3 is 2.52 bits per heavy atom. The topological polar surface area (TPSA) is 45.1 Å². The molecule has 0 saturated heterocycles. The number of aromatic nitrogens is 1. The number of aliphatic hydroxyl groups is 1. The van der Waals surface area contributed by atoms with Crippen LogP contribution < -0.4 is 5.32 Å². The Morgan fingerprint density at radius 1 is 0.952 bits per heavy atom. The molecular formula is C18H18N2O. The van der Waals surface area contributed by atoms with E-state index in [0.29, 0.717) is 0 Å². The summed E-state index contributed by atoms with van der Waals surface area (Å²) in [6.45, 7) is 0.905. The highest BCUT2D eigenvalue weighted by Crippen LogP contribution is 2.29. The van der Waals surface area contributed by atoms with Gasteiger partial charge in [0, 0.05) is 18.5 Å². The summed E-state index contributed by atoms with van der Waals surface area (Å²) < 4.78 is 0. The molecule has 106 valence electrons. The molecule has 2 N–H and O–H groups in total. The monoisotopic (exact) mass is 278 g/mol. The van der Waals surface area contributed by atoms with Crippen molar-refractivity contribution in [1.82, 2.24) is 4.98 Å². The molecule has 1 heterocycles. The van der Waals surface area contributed by atoms with E-state index in [1.54, 1.807) is 0 Å². The SMILES string of the molecule is OCCCNc1cc(-c2ccccc2)c2ccccc2n1. The Kier molecular flexibility index (Phi) is 4.12. The maximum Gasteiger partial charge on any atom is 0.127 e. The highest BCUT2D eigenvalue weighted by molar-refractivity contribution is 5.96. The van der Waals surface area contributed by atoms with Crippen LogP contribution in [0.1, 0.15) is 6.42 Å². The standard InChI is InChI=1S/C18H18N2O/c21-12-6-11-19-18-13-16(14-7-2-1-3-8-14)15-9-4-5-10-17(15)20-18/h1-5,7-10,13,21H,6,11-12H2,(H,19,20). The summed E-state index contributed by atoms with van der Waals surface area (Å²) >= 11 is 0. The van der Waals surface area contributed by atoms with Gasteiger partial charge in [0.05, 0.1) is 5.52 Å². The van der Waals surface area contributed by atoms with Crippen LogP contribution in [0.3, 0.4) is 0 Å². The fourth-order valence-electron chi connectivity index (χ4n) is 2.42. The van der Waals surface area contributed by atoms with Gasteiger partial charge in [-0.1, -0.05) is 48.5 Å². The molecule has 3 nitrogen and oxygen atoms in total. The molecule has 0 atom stereocenters. The number of benzene rings is 2. The summed E-state index contributed by atoms with van der Waals surface area (Å²) in [7, 11) is 0. The van der Waals surface area contributed by atoms with E-state index < -0.39 is 0 Å². The van der Waals surface area contributed by atoms with Crippen molar-refractivity contribution in [3.8, 4) is 11.1 Å². The average molecular weight is 278 g/mol. The number of pyridine rings is 1. The van der Waals surface area contributed by atoms with Gasteiger partial charge >= 0.3 is 0 Å². The molecule has 0 fully saturated rings. The molecule has 3 aromatic rings. The van der Waals surface area contributed by atoms with Crippen molar-refractivity contribution in [3.05, 3.63) is 60.7 Å². The minimum Gasteiger partial charge on any atom is -0.396 e. The third kappa shape index (κ3) is 3.03. The number of hydrogen-bond acceptors (Lipinski definition) is 3. The van der Waals surface area contributed by atoms with Crippen LogP contribution in [-0.4, -0.2) is 23.2 Å². The first-order valence-corrected chi connectivity index (χ1v) is 7.18. The third-order valence-electron chi connectivity index (χ3n) is 3.44. The zero-order chi connectivity index (χ0) is 14.5. The number of aliphatic hydroxyl groups excluding tert-OH is 1. The molecule has 1 aromatic heterocycles. The Hall–Kier alpha value is -2.39. The molecule has 2 aromatic carbocycles. The summed E-state index contributed by atoms with van der Waals surface area (Å²) in [6.07, 6.45) is 0.717. The van der Waals surface area contributed by atoms with Crippen molar-refractivity contribution in [2.24, 2.45) is 0 Å². The normalized spacial score (nSPS) is 10.7. The second kappa shape index (κ2) is 6.37. The van der Waals surface area contributed by atoms with E-state index in [9.17, 15) is 0 Å². The maximum absolute atomic E-state index is 8.89. The summed E-state index contributed by atoms with van der Waals surface area (Å²) in [5, 5.41) is 13.3. The number of hydrogen-bond donors (Lipinski definition) is 2. The lowest BCUT2D eigenvalue weighted by atomic mass is 10.0. The number of para-hydroxylation sites is 1. The molecule has 0 bridgehead atoms. The zero-order valence-corrected chi connectivity index (χ0v) is 11.8. The van der Waals surface area contributed by atoms with Gasteiger partial charge in [0.1, 0.15) is 5.82 Å². The van der Waals surface area contributed by atoms with Crippen molar-refractivity contribution >= 4 is 16.7 Å². The van der Waals surface area contributed by atoms with Crippen LogP contribution in [0.5, 0.6) is 0 Å². The smallest absolute Gasteiger partial charge is 0.127 e. The fourth-order valence-corrected chi connectivity index (χ4v) is 2.42. The molecule has 0 radical (unpaired) electrons. The molecule has 0 aliphatic rings. The number of nitrogens with zero attached hydrogens (tertiary/aromatic N) is 1. The highest BCUT2D eigenvalue weighted by atomic mass is 16.3. The highest BCUT2D eigenvalue weighted by Gasteiger charge is 2.07. The van der Waals surface area contributed by atoms with Crippen LogP contribution in [0.4, 0.5) is 5.82 Å². The van der Waals surface area contributed by atoms with Crippen LogP contribution in [0.2, 0.25) is 0 Å². The Morgan fingerprint density at radius 2 is 1.71 bits per heavy atom. The predicted molar refractivity (Wildman–Crippen MR) is 87.4 cm³/mol. The van der Waals surface area contributed by atoms with Gasteiger partial charge in [-0.3, -0.25) is 0 Å². The second-order valence-corrected chi connectivity index (χ2v) is 4.94. The minimum absolute atomic E-state index is 0.187. The molecule has 3 rings (SSSR count). The largest absolute Gasteiger partial charge is 0.396 e. The molecule has 21 heavy (non-hydrogen) atoms. The summed E-state index contributed by atoms with van der Waals surface area (Å²) in [5.41, 5.74) is 3.33. The quantitative estimate of drug-likeness (QED) is 0.699. The first-order chi connectivity index (χ1) is 10.4. The molecule has 3 heteroatoms. The number of fused-ring (bicyclic) bond motifs is 1. The Balaban J connectivity index is 2.08. The lowest BCUT2D eigenvalue weighted by molar-refractivity contribution is 0.292. The molecule has 0 spiro atoms. The van der Waals surface area contributed by atoms with Gasteiger partial charge in [-0.25, -0.2) is 4.98 Å². The Labute approximate surface area is 124 Å². The first-order valence-electron chi connectivity index (χ1n) is 7.18. The van der Waals surface area contributed by atoms with Crippen LogP contribution >= 0.6 is 0 Å². The van der Waals surface area contributed by atoms with E-state index in [-0.39, 0.29) is 6.61 Å². The Bertz CT molecular complexity index is 726. The van der Waals surface area contributed by atoms with Gasteiger partial charge in [-0.15, -0.1) is 0 Å². The van der Waals surface area contributed by atoms with Crippen molar-refractivity contribution in [1.29, 1.82) is 0 Å². The van der Waals surface area contributed by atoms with E-state index >= 15 is 0 Å². The van der Waals surface area contributed by atoms with Gasteiger partial charge < -0.3 is 10.4 Å². The second-order valence-electron chi connectivity index (χ2n) is 4.94. The van der Waals surface area contributed by atoms with Crippen LogP contribution in [0, 0.1) is 0 Å². The van der Waals surface area contributed by atoms with E-state index in [4.69, 9.17) is 5.11 Å². The van der Waals surface area contributed by atoms with Crippen LogP contribution in [-0.2, 0) is 0 Å². The van der Waals surface area contributed by atoms with E-state index in [0.717, 1.165) is 29.7 Å². The average Bonchev–Trinajstić information content (AvgIpc) is 2.55. The predicted octanol–water partition coefficient (Wildman–Crippen LogP) is 3.70. The summed E-state index contributed by atoms with van der Waals surface area (Å²) in [6, 6.07) is 20.6. The van der Waals surface area contributed by atoms with Crippen molar-refractivity contribution in [2.75, 3.05) is 18.5 Å².